The molecule has 1 aromatic rings. The largest absolute Gasteiger partial charge is 0.398 e. The fraction of sp³-hybridized carbons (Fsp3) is 0.571. The molecule has 0 bridgehead atoms. The zero-order valence-electron chi connectivity index (χ0n) is 12.6. The summed E-state index contributed by atoms with van der Waals surface area (Å²) >= 11 is 3.31. The minimum atomic E-state index is -3.55. The van der Waals surface area contributed by atoms with Crippen LogP contribution in [-0.4, -0.2) is 39.5 Å². The first-order valence-corrected chi connectivity index (χ1v) is 9.18. The zero-order chi connectivity index (χ0) is 15.8. The van der Waals surface area contributed by atoms with E-state index in [2.05, 4.69) is 25.6 Å². The summed E-state index contributed by atoms with van der Waals surface area (Å²) in [5.41, 5.74) is 6.85. The van der Waals surface area contributed by atoms with Gasteiger partial charge in [-0.2, -0.15) is 0 Å². The molecule has 21 heavy (non-hydrogen) atoms. The van der Waals surface area contributed by atoms with Gasteiger partial charge in [-0.25, -0.2) is 13.1 Å². The first kappa shape index (κ1) is 16.7. The average Bonchev–Trinajstić information content (AvgIpc) is 2.31. The van der Waals surface area contributed by atoms with Gasteiger partial charge in [-0.3, -0.25) is 0 Å². The molecule has 0 aliphatic heterocycles. The summed E-state index contributed by atoms with van der Waals surface area (Å²) in [7, 11) is 0.442. The topological polar surface area (TPSA) is 75.4 Å². The van der Waals surface area contributed by atoms with Crippen molar-refractivity contribution in [3.05, 3.63) is 22.2 Å². The second-order valence-corrected chi connectivity index (χ2v) is 8.53. The Hall–Kier alpha value is -0.630. The molecule has 0 unspecified atom stereocenters. The Bertz CT molecular complexity index is 640. The van der Waals surface area contributed by atoms with E-state index in [0.717, 1.165) is 19.3 Å². The molecule has 1 saturated carbocycles. The van der Waals surface area contributed by atoms with E-state index in [1.54, 1.807) is 13.0 Å². The molecule has 0 atom stereocenters. The highest BCUT2D eigenvalue weighted by Gasteiger charge is 2.40. The summed E-state index contributed by atoms with van der Waals surface area (Å²) in [6.45, 7) is 2.20. The molecule has 0 spiro atoms. The van der Waals surface area contributed by atoms with Crippen LogP contribution in [0.1, 0.15) is 24.8 Å². The van der Waals surface area contributed by atoms with Gasteiger partial charge in [0, 0.05) is 22.2 Å². The third-order valence-corrected chi connectivity index (χ3v) is 6.64. The van der Waals surface area contributed by atoms with E-state index in [9.17, 15) is 8.42 Å². The fourth-order valence-electron chi connectivity index (χ4n) is 2.63. The van der Waals surface area contributed by atoms with Crippen molar-refractivity contribution in [3.63, 3.8) is 0 Å². The molecule has 1 aliphatic rings. The number of nitrogens with two attached hydrogens (primary N) is 1. The molecule has 3 N–H and O–H groups in total. The highest BCUT2D eigenvalue weighted by molar-refractivity contribution is 9.10. The van der Waals surface area contributed by atoms with Crippen molar-refractivity contribution in [3.8, 4) is 0 Å². The van der Waals surface area contributed by atoms with Gasteiger partial charge >= 0.3 is 0 Å². The predicted octanol–water partition coefficient (Wildman–Crippen LogP) is 2.10. The van der Waals surface area contributed by atoms with Crippen LogP contribution in [0.5, 0.6) is 0 Å². The molecule has 118 valence electrons. The van der Waals surface area contributed by atoms with Gasteiger partial charge in [0.2, 0.25) is 10.0 Å². The van der Waals surface area contributed by atoms with Crippen LogP contribution in [0.15, 0.2) is 21.5 Å². The molecule has 0 heterocycles. The summed E-state index contributed by atoms with van der Waals surface area (Å²) in [6.07, 6.45) is 3.18. The molecule has 0 radical (unpaired) electrons. The third-order valence-electron chi connectivity index (χ3n) is 4.41. The number of sulfonamides is 1. The van der Waals surface area contributed by atoms with Crippen LogP contribution in [-0.2, 0) is 10.0 Å². The first-order valence-electron chi connectivity index (χ1n) is 6.91. The number of likely N-dealkylation sites (N-methyl/N-ethyl adjacent to an activating group) is 1. The van der Waals surface area contributed by atoms with Crippen LogP contribution in [0.25, 0.3) is 0 Å². The second kappa shape index (κ2) is 5.87. The van der Waals surface area contributed by atoms with Crippen molar-refractivity contribution in [1.29, 1.82) is 0 Å². The first-order chi connectivity index (χ1) is 9.68. The number of rotatable bonds is 5. The van der Waals surface area contributed by atoms with Crippen molar-refractivity contribution in [2.75, 3.05) is 26.4 Å². The molecule has 0 aromatic heterocycles. The molecule has 0 amide bonds. The Balaban J connectivity index is 2.21. The van der Waals surface area contributed by atoms with E-state index in [1.165, 1.54) is 6.07 Å². The standard InChI is InChI=1S/C14H22BrN3O2S/c1-10-7-11(15)12(16)8-13(10)21(19,20)17-9-14(18(2)3)5-4-6-14/h7-8,17H,4-6,9,16H2,1-3H3. The lowest BCUT2D eigenvalue weighted by molar-refractivity contribution is 0.0657. The summed E-state index contributed by atoms with van der Waals surface area (Å²) in [5, 5.41) is 0. The smallest absolute Gasteiger partial charge is 0.240 e. The van der Waals surface area contributed by atoms with E-state index in [1.807, 2.05) is 14.1 Å². The predicted molar refractivity (Wildman–Crippen MR) is 88.7 cm³/mol. The summed E-state index contributed by atoms with van der Waals surface area (Å²) in [6, 6.07) is 3.24. The SMILES string of the molecule is Cc1cc(Br)c(N)cc1S(=O)(=O)NCC1(N(C)C)CCC1. The van der Waals surface area contributed by atoms with Gasteiger partial charge < -0.3 is 10.6 Å². The normalized spacial score (nSPS) is 17.8. The fourth-order valence-corrected chi connectivity index (χ4v) is 4.47. The molecule has 1 aliphatic carbocycles. The monoisotopic (exact) mass is 375 g/mol. The lowest BCUT2D eigenvalue weighted by Crippen LogP contribution is -2.57. The number of hydrogen-bond acceptors (Lipinski definition) is 4. The maximum absolute atomic E-state index is 12.5. The number of anilines is 1. The summed E-state index contributed by atoms with van der Waals surface area (Å²) in [4.78, 5) is 2.36. The van der Waals surface area contributed by atoms with E-state index >= 15 is 0 Å². The number of halogens is 1. The quantitative estimate of drug-likeness (QED) is 0.772. The summed E-state index contributed by atoms with van der Waals surface area (Å²) in [5.74, 6) is 0. The van der Waals surface area contributed by atoms with Crippen LogP contribution >= 0.6 is 15.9 Å². The Morgan fingerprint density at radius 1 is 1.38 bits per heavy atom. The Kier molecular flexibility index (Phi) is 4.68. The van der Waals surface area contributed by atoms with E-state index in [4.69, 9.17) is 5.73 Å². The van der Waals surface area contributed by atoms with Crippen molar-refractivity contribution >= 4 is 31.6 Å². The summed E-state index contributed by atoms with van der Waals surface area (Å²) < 4.78 is 28.5. The minimum absolute atomic E-state index is 0.0537. The van der Waals surface area contributed by atoms with Crippen LogP contribution in [0.4, 0.5) is 5.69 Å². The zero-order valence-corrected chi connectivity index (χ0v) is 15.0. The third kappa shape index (κ3) is 3.26. The lowest BCUT2D eigenvalue weighted by atomic mass is 9.76. The van der Waals surface area contributed by atoms with Crippen LogP contribution in [0.2, 0.25) is 0 Å². The van der Waals surface area contributed by atoms with Crippen LogP contribution in [0, 0.1) is 6.92 Å². The lowest BCUT2D eigenvalue weighted by Gasteiger charge is -2.47. The van der Waals surface area contributed by atoms with Crippen LogP contribution in [0.3, 0.4) is 0 Å². The molecular formula is C14H22BrN3O2S. The number of hydrogen-bond donors (Lipinski definition) is 2. The van der Waals surface area contributed by atoms with E-state index in [0.29, 0.717) is 22.3 Å². The Morgan fingerprint density at radius 3 is 2.48 bits per heavy atom. The number of benzene rings is 1. The van der Waals surface area contributed by atoms with Gasteiger partial charge in [0.15, 0.2) is 0 Å². The average molecular weight is 376 g/mol. The number of nitrogen functional groups attached to an aromatic ring is 1. The van der Waals surface area contributed by atoms with Crippen molar-refractivity contribution < 1.29 is 8.42 Å². The van der Waals surface area contributed by atoms with Crippen LogP contribution < -0.4 is 10.5 Å². The van der Waals surface area contributed by atoms with Crippen molar-refractivity contribution in [2.24, 2.45) is 0 Å². The van der Waals surface area contributed by atoms with Gasteiger partial charge in [0.05, 0.1) is 4.90 Å². The van der Waals surface area contributed by atoms with Gasteiger partial charge in [-0.15, -0.1) is 0 Å². The maximum atomic E-state index is 12.5. The maximum Gasteiger partial charge on any atom is 0.240 e. The molecular weight excluding hydrogens is 354 g/mol. The van der Waals surface area contributed by atoms with Gasteiger partial charge in [-0.05, 0) is 73.9 Å². The van der Waals surface area contributed by atoms with E-state index in [-0.39, 0.29) is 10.4 Å². The molecule has 7 heteroatoms. The second-order valence-electron chi connectivity index (χ2n) is 5.94. The van der Waals surface area contributed by atoms with Crippen molar-refractivity contribution in [1.82, 2.24) is 9.62 Å². The highest BCUT2D eigenvalue weighted by Crippen LogP contribution is 2.36. The Morgan fingerprint density at radius 2 is 2.00 bits per heavy atom. The molecule has 1 aromatic carbocycles. The van der Waals surface area contributed by atoms with Gasteiger partial charge in [0.1, 0.15) is 0 Å². The molecule has 5 nitrogen and oxygen atoms in total. The van der Waals surface area contributed by atoms with E-state index < -0.39 is 10.0 Å². The number of aryl methyl sites for hydroxylation is 1. The van der Waals surface area contributed by atoms with Gasteiger partial charge in [-0.1, -0.05) is 0 Å². The Labute approximate surface area is 135 Å². The minimum Gasteiger partial charge on any atom is -0.398 e. The highest BCUT2D eigenvalue weighted by atomic mass is 79.9. The number of nitrogens with one attached hydrogen (secondary N) is 1. The molecule has 1 fully saturated rings. The number of nitrogens with zero attached hydrogens (tertiary/aromatic N) is 1. The van der Waals surface area contributed by atoms with Gasteiger partial charge in [0.25, 0.3) is 0 Å². The molecule has 2 rings (SSSR count). The van der Waals surface area contributed by atoms with Crippen molar-refractivity contribution in [2.45, 2.75) is 36.6 Å². The molecule has 0 saturated heterocycles.